The average molecular weight is 320 g/mol. The van der Waals surface area contributed by atoms with E-state index in [2.05, 4.69) is 4.98 Å². The first kappa shape index (κ1) is 14.4. The fourth-order valence-electron chi connectivity index (χ4n) is 1.67. The molecule has 0 amide bonds. The summed E-state index contributed by atoms with van der Waals surface area (Å²) in [6, 6.07) is 9.13. The second-order valence-electron chi connectivity index (χ2n) is 3.98. The third-order valence-electron chi connectivity index (χ3n) is 2.68. The number of ether oxygens (including phenoxy) is 1. The molecule has 0 unspecified atom stereocenters. The molecule has 1 heterocycles. The van der Waals surface area contributed by atoms with E-state index >= 15 is 0 Å². The van der Waals surface area contributed by atoms with Crippen LogP contribution in [0.3, 0.4) is 0 Å². The fraction of sp³-hybridized carbons (Fsp3) is 0.214. The van der Waals surface area contributed by atoms with Gasteiger partial charge in [-0.3, -0.25) is 0 Å². The van der Waals surface area contributed by atoms with E-state index in [4.69, 9.17) is 31.3 Å². The number of aromatic amines is 1. The first-order valence-electron chi connectivity index (χ1n) is 6.79. The summed E-state index contributed by atoms with van der Waals surface area (Å²) in [6.45, 7) is -0.839. The second kappa shape index (κ2) is 8.05. The van der Waals surface area contributed by atoms with E-state index in [0.29, 0.717) is 21.9 Å². The minimum Gasteiger partial charge on any atom is -0.497 e. The number of halogens is 1. The van der Waals surface area contributed by atoms with Crippen molar-refractivity contribution in [2.75, 3.05) is 19.0 Å². The molecule has 20 heavy (non-hydrogen) atoms. The Bertz CT molecular complexity index is 667. The number of methoxy groups -OCH3 is 1. The monoisotopic (exact) mass is 319 g/mol. The van der Waals surface area contributed by atoms with E-state index in [1.54, 1.807) is 19.4 Å². The molecule has 1 aromatic heterocycles. The van der Waals surface area contributed by atoms with Crippen LogP contribution in [0.2, 0.25) is 5.02 Å². The van der Waals surface area contributed by atoms with Gasteiger partial charge in [-0.05, 0) is 23.8 Å². The summed E-state index contributed by atoms with van der Waals surface area (Å²) in [7, 11) is 1.61. The summed E-state index contributed by atoms with van der Waals surface area (Å²) in [6.07, 6.45) is 1.66. The van der Waals surface area contributed by atoms with E-state index < -0.39 is 7.00 Å². The van der Waals surface area contributed by atoms with Crippen LogP contribution in [0.5, 0.6) is 5.75 Å². The molecule has 101 valence electrons. The Hall–Kier alpha value is -0.520. The number of benzene rings is 1. The van der Waals surface area contributed by atoms with E-state index in [1.807, 2.05) is 24.3 Å². The Morgan fingerprint density at radius 2 is 2.05 bits per heavy atom. The van der Waals surface area contributed by atoms with Crippen LogP contribution >= 0.6 is 23.8 Å². The Morgan fingerprint density at radius 1 is 1.35 bits per heavy atom. The zero-order chi connectivity index (χ0) is 15.4. The molecule has 0 bridgehead atoms. The smallest absolute Gasteiger partial charge is 0.126 e. The van der Waals surface area contributed by atoms with Crippen LogP contribution in [0.25, 0.3) is 0 Å². The molecule has 0 aliphatic heterocycles. The molecule has 0 aliphatic rings. The normalized spacial score (nSPS) is 11.3. The predicted octanol–water partition coefficient (Wildman–Crippen LogP) is 3.66. The minimum atomic E-state index is -1.21. The topological polar surface area (TPSA) is 28.3 Å². The van der Waals surface area contributed by atoms with Crippen molar-refractivity contribution >= 4 is 59.2 Å². The summed E-state index contributed by atoms with van der Waals surface area (Å²) in [5.41, 5.74) is 0.944. The van der Waals surface area contributed by atoms with E-state index in [9.17, 15) is 0 Å². The quantitative estimate of drug-likeness (QED) is 0.688. The third kappa shape index (κ3) is 4.24. The summed E-state index contributed by atoms with van der Waals surface area (Å²) in [5, 5.41) is 0.352. The first-order valence-corrected chi connectivity index (χ1v) is 6.43. The number of H-pyrrole nitrogens is 1. The van der Waals surface area contributed by atoms with Gasteiger partial charge in [-0.25, -0.2) is 0 Å². The number of aromatic nitrogens is 1. The van der Waals surface area contributed by atoms with Gasteiger partial charge >= 0.3 is 0 Å². The van der Waals surface area contributed by atoms with Crippen molar-refractivity contribution in [1.29, 1.82) is 0 Å². The molecular formula is C14H15ClN2NaOS. The molecule has 1 radical (unpaired) electrons. The number of nitrogens with one attached hydrogen (secondary N) is 1. The standard InChI is InChI=1S/C14H15ClN2OS.Na/c1-17(14-13(15)12(19)7-8-16-14)9-10-3-5-11(18-2)6-4-10;/h3-8H,9H2,1-2H3,(H,16,19);/i1D2;. The van der Waals surface area contributed by atoms with Crippen LogP contribution in [-0.4, -0.2) is 48.7 Å². The SMILES string of the molecule is [2H]C([2H])N(Cc1ccc(OC)cc1)c1[nH]ccc(=S)c1Cl.[Na]. The third-order valence-corrected chi connectivity index (χ3v) is 3.51. The van der Waals surface area contributed by atoms with Gasteiger partial charge in [0.15, 0.2) is 0 Å². The van der Waals surface area contributed by atoms with Crippen molar-refractivity contribution in [3.63, 3.8) is 0 Å². The summed E-state index contributed by atoms with van der Waals surface area (Å²) < 4.78 is 21.0. The molecule has 0 spiro atoms. The Kier molecular flexibility index (Phi) is 5.81. The number of rotatable bonds is 4. The van der Waals surface area contributed by atoms with Gasteiger partial charge in [0, 0.05) is 52.0 Å². The molecule has 0 saturated heterocycles. The summed E-state index contributed by atoms with van der Waals surface area (Å²) in [5.74, 6) is 1.24. The first-order chi connectivity index (χ1) is 10.0. The van der Waals surface area contributed by atoms with Crippen LogP contribution in [0.1, 0.15) is 8.30 Å². The molecule has 0 saturated carbocycles. The maximum Gasteiger partial charge on any atom is 0.126 e. The fourth-order valence-corrected chi connectivity index (χ4v) is 2.06. The Balaban J connectivity index is 0.00000242. The Labute approximate surface area is 154 Å². The van der Waals surface area contributed by atoms with Crippen molar-refractivity contribution < 1.29 is 7.48 Å². The van der Waals surface area contributed by atoms with Crippen molar-refractivity contribution in [3.8, 4) is 5.75 Å². The van der Waals surface area contributed by atoms with Crippen molar-refractivity contribution in [2.24, 2.45) is 0 Å². The molecule has 0 atom stereocenters. The molecule has 1 aromatic carbocycles. The molecule has 2 aromatic rings. The van der Waals surface area contributed by atoms with E-state index in [-0.39, 0.29) is 29.6 Å². The van der Waals surface area contributed by atoms with Gasteiger partial charge in [0.2, 0.25) is 0 Å². The molecule has 2 rings (SSSR count). The average Bonchev–Trinajstić information content (AvgIpc) is 2.48. The van der Waals surface area contributed by atoms with Crippen molar-refractivity contribution in [1.82, 2.24) is 4.98 Å². The van der Waals surface area contributed by atoms with Gasteiger partial charge in [0.1, 0.15) is 11.6 Å². The molecular weight excluding hydrogens is 303 g/mol. The molecule has 1 N–H and O–H groups in total. The number of nitrogens with zero attached hydrogens (tertiary/aromatic N) is 1. The number of hydrogen-bond acceptors (Lipinski definition) is 3. The maximum absolute atomic E-state index is 7.72. The van der Waals surface area contributed by atoms with E-state index in [1.165, 1.54) is 4.90 Å². The number of anilines is 1. The summed E-state index contributed by atoms with van der Waals surface area (Å²) >= 11 is 11.3. The molecule has 0 fully saturated rings. The van der Waals surface area contributed by atoms with Crippen molar-refractivity contribution in [2.45, 2.75) is 6.54 Å². The van der Waals surface area contributed by atoms with Gasteiger partial charge in [-0.2, -0.15) is 0 Å². The molecule has 0 aliphatic carbocycles. The molecule has 6 heteroatoms. The van der Waals surface area contributed by atoms with Crippen LogP contribution < -0.4 is 9.64 Å². The second-order valence-corrected chi connectivity index (χ2v) is 4.80. The summed E-state index contributed by atoms with van der Waals surface area (Å²) in [4.78, 5) is 4.49. The Morgan fingerprint density at radius 3 is 2.65 bits per heavy atom. The molecule has 3 nitrogen and oxygen atoms in total. The van der Waals surface area contributed by atoms with Crippen LogP contribution in [-0.2, 0) is 6.54 Å². The predicted molar refractivity (Wildman–Crippen MR) is 87.5 cm³/mol. The van der Waals surface area contributed by atoms with E-state index in [0.717, 1.165) is 11.3 Å². The minimum absolute atomic E-state index is 0. The van der Waals surface area contributed by atoms with Crippen LogP contribution in [0, 0.1) is 4.51 Å². The number of pyridine rings is 1. The number of hydrogen-bond donors (Lipinski definition) is 1. The zero-order valence-corrected chi connectivity index (χ0v) is 15.0. The van der Waals surface area contributed by atoms with Gasteiger partial charge in [0.25, 0.3) is 0 Å². The maximum atomic E-state index is 7.72. The van der Waals surface area contributed by atoms with Crippen LogP contribution in [0.15, 0.2) is 36.5 Å². The van der Waals surface area contributed by atoms with Gasteiger partial charge < -0.3 is 14.6 Å². The van der Waals surface area contributed by atoms with Crippen molar-refractivity contribution in [3.05, 3.63) is 51.6 Å². The van der Waals surface area contributed by atoms with Gasteiger partial charge in [0.05, 0.1) is 16.6 Å². The van der Waals surface area contributed by atoms with Gasteiger partial charge in [-0.15, -0.1) is 0 Å². The zero-order valence-electron chi connectivity index (χ0n) is 13.4. The largest absolute Gasteiger partial charge is 0.497 e. The van der Waals surface area contributed by atoms with Gasteiger partial charge in [-0.1, -0.05) is 36.0 Å². The van der Waals surface area contributed by atoms with Crippen LogP contribution in [0.4, 0.5) is 5.82 Å².